The predicted molar refractivity (Wildman–Crippen MR) is 82.6 cm³/mol. The van der Waals surface area contributed by atoms with E-state index in [-0.39, 0.29) is 5.91 Å². The maximum absolute atomic E-state index is 11.6. The summed E-state index contributed by atoms with van der Waals surface area (Å²) >= 11 is 0. The number of benzene rings is 1. The Hall–Kier alpha value is -1.35. The van der Waals surface area contributed by atoms with E-state index in [4.69, 9.17) is 0 Å². The Morgan fingerprint density at radius 1 is 1.20 bits per heavy atom. The van der Waals surface area contributed by atoms with Crippen molar-refractivity contribution < 1.29 is 4.79 Å². The predicted octanol–water partition coefficient (Wildman–Crippen LogP) is 3.05. The first-order chi connectivity index (χ1) is 9.70. The lowest BCUT2D eigenvalue weighted by molar-refractivity contribution is -0.121. The van der Waals surface area contributed by atoms with E-state index in [0.717, 1.165) is 19.6 Å². The van der Waals surface area contributed by atoms with Crippen molar-refractivity contribution in [3.05, 3.63) is 35.4 Å². The molecule has 1 saturated heterocycles. The topological polar surface area (TPSA) is 32.3 Å². The van der Waals surface area contributed by atoms with Gasteiger partial charge in [0.25, 0.3) is 0 Å². The molecule has 1 heterocycles. The molecule has 0 spiro atoms. The van der Waals surface area contributed by atoms with Crippen LogP contribution in [0.4, 0.5) is 0 Å². The quantitative estimate of drug-likeness (QED) is 0.895. The second-order valence-corrected chi connectivity index (χ2v) is 5.68. The van der Waals surface area contributed by atoms with Crippen LogP contribution < -0.4 is 5.32 Å². The summed E-state index contributed by atoms with van der Waals surface area (Å²) in [5.41, 5.74) is 2.60. The molecule has 0 aliphatic carbocycles. The lowest BCUT2D eigenvalue weighted by Gasteiger charge is -2.35. The fourth-order valence-corrected chi connectivity index (χ4v) is 2.81. The first kappa shape index (κ1) is 15.0. The van der Waals surface area contributed by atoms with Gasteiger partial charge >= 0.3 is 0 Å². The van der Waals surface area contributed by atoms with Crippen LogP contribution in [-0.2, 0) is 4.79 Å². The van der Waals surface area contributed by atoms with Gasteiger partial charge in [0.15, 0.2) is 0 Å². The number of hydrogen-bond donors (Lipinski definition) is 1. The maximum atomic E-state index is 11.6. The highest BCUT2D eigenvalue weighted by atomic mass is 16.1. The number of hydrogen-bond acceptors (Lipinski definition) is 2. The Labute approximate surface area is 122 Å². The second-order valence-electron chi connectivity index (χ2n) is 5.68. The molecule has 3 nitrogen and oxygen atoms in total. The number of piperidine rings is 1. The molecule has 1 aromatic carbocycles. The van der Waals surface area contributed by atoms with E-state index in [2.05, 4.69) is 41.4 Å². The molecule has 0 radical (unpaired) electrons. The van der Waals surface area contributed by atoms with Crippen molar-refractivity contribution in [3.63, 3.8) is 0 Å². The smallest absolute Gasteiger partial charge is 0.219 e. The standard InChI is InChI=1S/C17H26N2O/c1-3-17(20)18-13-16(19-11-5-4-6-12-19)15-9-7-14(2)8-10-15/h7-10,16H,3-6,11-13H2,1-2H3,(H,18,20)/t16-/m1/s1. The Balaban J connectivity index is 2.09. The van der Waals surface area contributed by atoms with Crippen LogP contribution in [0.1, 0.15) is 49.8 Å². The minimum atomic E-state index is 0.138. The van der Waals surface area contributed by atoms with Crippen LogP contribution in [0.2, 0.25) is 0 Å². The second kappa shape index (κ2) is 7.44. The summed E-state index contributed by atoms with van der Waals surface area (Å²) in [4.78, 5) is 14.1. The van der Waals surface area contributed by atoms with Crippen LogP contribution >= 0.6 is 0 Å². The van der Waals surface area contributed by atoms with E-state index >= 15 is 0 Å². The zero-order chi connectivity index (χ0) is 14.4. The number of amides is 1. The minimum Gasteiger partial charge on any atom is -0.354 e. The SMILES string of the molecule is CCC(=O)NC[C@H](c1ccc(C)cc1)N1CCCCC1. The molecule has 1 N–H and O–H groups in total. The van der Waals surface area contributed by atoms with Crippen LogP contribution in [0.3, 0.4) is 0 Å². The van der Waals surface area contributed by atoms with Crippen molar-refractivity contribution in [3.8, 4) is 0 Å². The number of carbonyl (C=O) groups excluding carboxylic acids is 1. The Kier molecular flexibility index (Phi) is 5.60. The lowest BCUT2D eigenvalue weighted by atomic mass is 10.0. The van der Waals surface area contributed by atoms with E-state index in [0.29, 0.717) is 12.5 Å². The van der Waals surface area contributed by atoms with Crippen LogP contribution in [0.5, 0.6) is 0 Å². The number of likely N-dealkylation sites (tertiary alicyclic amines) is 1. The van der Waals surface area contributed by atoms with Crippen molar-refractivity contribution in [2.45, 2.75) is 45.6 Å². The zero-order valence-corrected chi connectivity index (χ0v) is 12.7. The first-order valence-corrected chi connectivity index (χ1v) is 7.78. The maximum Gasteiger partial charge on any atom is 0.219 e. The first-order valence-electron chi connectivity index (χ1n) is 7.78. The van der Waals surface area contributed by atoms with Crippen molar-refractivity contribution in [2.24, 2.45) is 0 Å². The highest BCUT2D eigenvalue weighted by Gasteiger charge is 2.22. The molecule has 3 heteroatoms. The van der Waals surface area contributed by atoms with Crippen LogP contribution in [0, 0.1) is 6.92 Å². The van der Waals surface area contributed by atoms with Crippen molar-refractivity contribution in [2.75, 3.05) is 19.6 Å². The minimum absolute atomic E-state index is 0.138. The Morgan fingerprint density at radius 3 is 2.45 bits per heavy atom. The average Bonchev–Trinajstić information content (AvgIpc) is 2.50. The molecule has 0 bridgehead atoms. The monoisotopic (exact) mass is 274 g/mol. The molecular formula is C17H26N2O. The Bertz CT molecular complexity index is 421. The zero-order valence-electron chi connectivity index (χ0n) is 12.7. The van der Waals surface area contributed by atoms with Crippen LogP contribution in [0.25, 0.3) is 0 Å². The van der Waals surface area contributed by atoms with Crippen LogP contribution in [-0.4, -0.2) is 30.4 Å². The third kappa shape index (κ3) is 4.07. The molecule has 0 saturated carbocycles. The molecule has 1 fully saturated rings. The molecule has 1 aliphatic heterocycles. The van der Waals surface area contributed by atoms with Gasteiger partial charge in [0.1, 0.15) is 0 Å². The molecule has 1 atom stereocenters. The van der Waals surface area contributed by atoms with Gasteiger partial charge in [-0.3, -0.25) is 9.69 Å². The molecule has 2 rings (SSSR count). The summed E-state index contributed by atoms with van der Waals surface area (Å²) in [5.74, 6) is 0.138. The van der Waals surface area contributed by atoms with Gasteiger partial charge in [0.2, 0.25) is 5.91 Å². The highest BCUT2D eigenvalue weighted by Crippen LogP contribution is 2.24. The molecular weight excluding hydrogens is 248 g/mol. The fourth-order valence-electron chi connectivity index (χ4n) is 2.81. The lowest BCUT2D eigenvalue weighted by Crippen LogP contribution is -2.40. The third-order valence-electron chi connectivity index (χ3n) is 4.11. The molecule has 1 aromatic rings. The molecule has 0 unspecified atom stereocenters. The summed E-state index contributed by atoms with van der Waals surface area (Å²) < 4.78 is 0. The van der Waals surface area contributed by atoms with Crippen LogP contribution in [0.15, 0.2) is 24.3 Å². The number of aryl methyl sites for hydroxylation is 1. The van der Waals surface area contributed by atoms with Gasteiger partial charge in [-0.2, -0.15) is 0 Å². The fraction of sp³-hybridized carbons (Fsp3) is 0.588. The summed E-state index contributed by atoms with van der Waals surface area (Å²) in [5, 5.41) is 3.06. The van der Waals surface area contributed by atoms with E-state index in [1.165, 1.54) is 30.4 Å². The van der Waals surface area contributed by atoms with Gasteiger partial charge in [-0.15, -0.1) is 0 Å². The van der Waals surface area contributed by atoms with E-state index < -0.39 is 0 Å². The summed E-state index contributed by atoms with van der Waals surface area (Å²) in [6.07, 6.45) is 4.42. The van der Waals surface area contributed by atoms with E-state index in [1.54, 1.807) is 0 Å². The third-order valence-corrected chi connectivity index (χ3v) is 4.11. The average molecular weight is 274 g/mol. The van der Waals surface area contributed by atoms with Gasteiger partial charge in [-0.05, 0) is 38.4 Å². The number of nitrogens with one attached hydrogen (secondary N) is 1. The van der Waals surface area contributed by atoms with Crippen molar-refractivity contribution in [1.29, 1.82) is 0 Å². The summed E-state index contributed by atoms with van der Waals surface area (Å²) in [6.45, 7) is 7.01. The van der Waals surface area contributed by atoms with Crippen molar-refractivity contribution >= 4 is 5.91 Å². The largest absolute Gasteiger partial charge is 0.354 e. The highest BCUT2D eigenvalue weighted by molar-refractivity contribution is 5.75. The van der Waals surface area contributed by atoms with Gasteiger partial charge < -0.3 is 5.32 Å². The molecule has 20 heavy (non-hydrogen) atoms. The van der Waals surface area contributed by atoms with E-state index in [9.17, 15) is 4.79 Å². The van der Waals surface area contributed by atoms with E-state index in [1.807, 2.05) is 6.92 Å². The molecule has 1 aliphatic rings. The number of carbonyl (C=O) groups is 1. The van der Waals surface area contributed by atoms with Gasteiger partial charge in [-0.1, -0.05) is 43.2 Å². The summed E-state index contributed by atoms with van der Waals surface area (Å²) in [7, 11) is 0. The van der Waals surface area contributed by atoms with Gasteiger partial charge in [0.05, 0.1) is 6.04 Å². The molecule has 110 valence electrons. The number of rotatable bonds is 5. The summed E-state index contributed by atoms with van der Waals surface area (Å²) in [6, 6.07) is 9.03. The van der Waals surface area contributed by atoms with Gasteiger partial charge in [0, 0.05) is 13.0 Å². The molecule has 1 amide bonds. The normalized spacial score (nSPS) is 17.7. The van der Waals surface area contributed by atoms with Crippen molar-refractivity contribution in [1.82, 2.24) is 10.2 Å². The molecule has 0 aromatic heterocycles. The Morgan fingerprint density at radius 2 is 1.85 bits per heavy atom. The number of nitrogens with zero attached hydrogens (tertiary/aromatic N) is 1. The van der Waals surface area contributed by atoms with Gasteiger partial charge in [-0.25, -0.2) is 0 Å².